The van der Waals surface area contributed by atoms with Crippen molar-refractivity contribution < 1.29 is 4.74 Å². The molecule has 0 amide bonds. The summed E-state index contributed by atoms with van der Waals surface area (Å²) in [6, 6.07) is 67.5. The van der Waals surface area contributed by atoms with Gasteiger partial charge in [-0.05, 0) is 156 Å². The first-order chi connectivity index (χ1) is 29.1. The molecule has 0 bridgehead atoms. The molecule has 0 atom stereocenters. The molecule has 2 aromatic heterocycles. The monoisotopic (exact) mass is 752 g/mol. The Morgan fingerprint density at radius 2 is 0.678 bits per heavy atom. The number of benzene rings is 11. The summed E-state index contributed by atoms with van der Waals surface area (Å²) in [6.45, 7) is 2.21. The van der Waals surface area contributed by atoms with Gasteiger partial charge in [-0.25, -0.2) is 0 Å². The topological polar surface area (TPSA) is 19.1 Å². The molecule has 0 aliphatic heterocycles. The van der Waals surface area contributed by atoms with E-state index in [2.05, 4.69) is 198 Å². The second-order valence-corrected chi connectivity index (χ2v) is 16.1. The van der Waals surface area contributed by atoms with Crippen molar-refractivity contribution in [2.45, 2.75) is 6.92 Å². The van der Waals surface area contributed by atoms with E-state index < -0.39 is 0 Å². The predicted molar refractivity (Wildman–Crippen MR) is 251 cm³/mol. The molecule has 0 aliphatic rings. The van der Waals surface area contributed by atoms with Gasteiger partial charge in [0.15, 0.2) is 0 Å². The second kappa shape index (κ2) is 12.0. The van der Waals surface area contributed by atoms with Crippen LogP contribution in [-0.4, -0.2) is 16.2 Å². The third kappa shape index (κ3) is 4.47. The highest BCUT2D eigenvalue weighted by molar-refractivity contribution is 6.35. The molecule has 0 spiro atoms. The molecule has 13 rings (SSSR count). The molecule has 0 aliphatic carbocycles. The van der Waals surface area contributed by atoms with Crippen LogP contribution in [0, 0.1) is 6.92 Å². The summed E-state index contributed by atoms with van der Waals surface area (Å²) in [6.07, 6.45) is 0. The van der Waals surface area contributed by atoms with E-state index in [9.17, 15) is 0 Å². The molecule has 3 nitrogen and oxygen atoms in total. The highest BCUT2D eigenvalue weighted by Crippen LogP contribution is 2.46. The van der Waals surface area contributed by atoms with Crippen molar-refractivity contribution in [2.24, 2.45) is 0 Å². The summed E-state index contributed by atoms with van der Waals surface area (Å²) in [4.78, 5) is 0. The molecule has 0 N–H and O–H groups in total. The minimum absolute atomic E-state index is 0.854. The maximum atomic E-state index is 5.92. The Labute approximate surface area is 339 Å². The maximum absolute atomic E-state index is 5.92. The normalized spacial score (nSPS) is 12.2. The van der Waals surface area contributed by atoms with Crippen LogP contribution in [0.3, 0.4) is 0 Å². The number of ether oxygens (including phenoxy) is 1. The maximum Gasteiger partial charge on any atom is 0.119 e. The lowest BCUT2D eigenvalue weighted by Crippen LogP contribution is -1.94. The van der Waals surface area contributed by atoms with Crippen LogP contribution < -0.4 is 4.74 Å². The molecular weight excluding hydrogens is 717 g/mol. The molecule has 59 heavy (non-hydrogen) atoms. The molecule has 0 fully saturated rings. The number of aryl methyl sites for hydroxylation is 1. The van der Waals surface area contributed by atoms with Gasteiger partial charge >= 0.3 is 0 Å². The van der Waals surface area contributed by atoms with Gasteiger partial charge in [-0.2, -0.15) is 0 Å². The Hall–Kier alpha value is -7.62. The fourth-order valence-electron chi connectivity index (χ4n) is 10.3. The van der Waals surface area contributed by atoms with E-state index in [1.165, 1.54) is 119 Å². The van der Waals surface area contributed by atoms with Gasteiger partial charge in [0.2, 0.25) is 0 Å². The zero-order chi connectivity index (χ0) is 38.9. The Bertz CT molecular complexity index is 3930. The molecule has 2 heterocycles. The molecule has 0 saturated heterocycles. The van der Waals surface area contributed by atoms with Crippen LogP contribution in [0.1, 0.15) is 5.56 Å². The van der Waals surface area contributed by atoms with Crippen LogP contribution >= 0.6 is 0 Å². The Morgan fingerprint density at radius 3 is 1.17 bits per heavy atom. The predicted octanol–water partition coefficient (Wildman–Crippen LogP) is 15.1. The van der Waals surface area contributed by atoms with Gasteiger partial charge in [0.05, 0.1) is 29.2 Å². The quantitative estimate of drug-likeness (QED) is 0.130. The van der Waals surface area contributed by atoms with Gasteiger partial charge in [0, 0.05) is 32.9 Å². The minimum Gasteiger partial charge on any atom is -0.497 e. The van der Waals surface area contributed by atoms with E-state index in [0.717, 1.165) is 11.4 Å². The number of fused-ring (bicyclic) bond motifs is 18. The number of hydrogen-bond donors (Lipinski definition) is 0. The summed E-state index contributed by atoms with van der Waals surface area (Å²) < 4.78 is 10.8. The number of methoxy groups -OCH3 is 1. The fraction of sp³-hybridized carbons (Fsp3) is 0.0357. The van der Waals surface area contributed by atoms with Crippen molar-refractivity contribution in [2.75, 3.05) is 7.11 Å². The Kier molecular flexibility index (Phi) is 6.58. The standard InChI is InChI=1S/C56H36N2O/c1-33-21-23-37-41(25-33)43-27-46-44(28-45(43)47-29-51-39-17-9-11-19-53(39)57(55(51)31-49(37)47)34-13-5-3-6-14-34)42-26-36(59-2)22-24-38(42)50-32-56-52(30-48(46)50)40-18-10-12-20-54(40)58(56)35-15-7-4-8-16-35/h3-32H,1-2H3. The van der Waals surface area contributed by atoms with Crippen molar-refractivity contribution in [1.82, 2.24) is 9.13 Å². The zero-order valence-corrected chi connectivity index (χ0v) is 32.6. The highest BCUT2D eigenvalue weighted by atomic mass is 16.5. The van der Waals surface area contributed by atoms with Gasteiger partial charge in [-0.15, -0.1) is 0 Å². The summed E-state index contributed by atoms with van der Waals surface area (Å²) >= 11 is 0. The van der Waals surface area contributed by atoms with Crippen LogP contribution in [-0.2, 0) is 0 Å². The number of rotatable bonds is 3. The average molecular weight is 753 g/mol. The van der Waals surface area contributed by atoms with E-state index in [-0.39, 0.29) is 0 Å². The first kappa shape index (κ1) is 32.5. The molecule has 0 unspecified atom stereocenters. The lowest BCUT2D eigenvalue weighted by atomic mass is 9.87. The number of hydrogen-bond acceptors (Lipinski definition) is 1. The van der Waals surface area contributed by atoms with Crippen molar-refractivity contribution in [3.8, 4) is 17.1 Å². The lowest BCUT2D eigenvalue weighted by Gasteiger charge is -2.17. The van der Waals surface area contributed by atoms with Crippen LogP contribution in [0.4, 0.5) is 0 Å². The molecule has 11 aromatic carbocycles. The van der Waals surface area contributed by atoms with E-state index in [4.69, 9.17) is 4.74 Å². The van der Waals surface area contributed by atoms with Crippen molar-refractivity contribution >= 4 is 108 Å². The van der Waals surface area contributed by atoms with Gasteiger partial charge in [-0.3, -0.25) is 0 Å². The summed E-state index contributed by atoms with van der Waals surface area (Å²) in [5.74, 6) is 0.854. The van der Waals surface area contributed by atoms with Gasteiger partial charge in [0.25, 0.3) is 0 Å². The van der Waals surface area contributed by atoms with Crippen molar-refractivity contribution in [3.05, 3.63) is 188 Å². The number of aromatic nitrogens is 2. The Balaban J connectivity index is 1.23. The first-order valence-electron chi connectivity index (χ1n) is 20.4. The second-order valence-electron chi connectivity index (χ2n) is 16.1. The number of para-hydroxylation sites is 4. The molecule has 13 aromatic rings. The average Bonchev–Trinajstić information content (AvgIpc) is 3.79. The summed E-state index contributed by atoms with van der Waals surface area (Å²) in [5.41, 5.74) is 8.41. The molecule has 3 heteroatoms. The van der Waals surface area contributed by atoms with Crippen LogP contribution in [0.5, 0.6) is 5.75 Å². The third-order valence-corrected chi connectivity index (χ3v) is 13.0. The molecule has 0 radical (unpaired) electrons. The van der Waals surface area contributed by atoms with E-state index >= 15 is 0 Å². The molecule has 0 saturated carbocycles. The van der Waals surface area contributed by atoms with Crippen LogP contribution in [0.2, 0.25) is 0 Å². The molecule has 276 valence electrons. The van der Waals surface area contributed by atoms with Crippen molar-refractivity contribution in [1.29, 1.82) is 0 Å². The SMILES string of the molecule is COc1ccc2c(c1)c1cc3c(cc1c1cc4c5ccccc5n(-c5ccccc5)c4cc21)c1cc(C)ccc1c1cc2c(cc31)c1ccccc1n2-c1ccccc1. The minimum atomic E-state index is 0.854. The van der Waals surface area contributed by atoms with Gasteiger partial charge in [0.1, 0.15) is 5.75 Å². The van der Waals surface area contributed by atoms with Gasteiger partial charge < -0.3 is 13.9 Å². The van der Waals surface area contributed by atoms with E-state index in [0.29, 0.717) is 0 Å². The fourth-order valence-corrected chi connectivity index (χ4v) is 10.3. The van der Waals surface area contributed by atoms with Crippen molar-refractivity contribution in [3.63, 3.8) is 0 Å². The molecular formula is C56H36N2O. The number of nitrogens with zero attached hydrogens (tertiary/aromatic N) is 2. The van der Waals surface area contributed by atoms with Crippen LogP contribution in [0.15, 0.2) is 182 Å². The highest BCUT2D eigenvalue weighted by Gasteiger charge is 2.21. The van der Waals surface area contributed by atoms with E-state index in [1.807, 2.05) is 0 Å². The first-order valence-corrected chi connectivity index (χ1v) is 20.4. The van der Waals surface area contributed by atoms with Gasteiger partial charge in [-0.1, -0.05) is 103 Å². The third-order valence-electron chi connectivity index (χ3n) is 13.0. The smallest absolute Gasteiger partial charge is 0.119 e. The van der Waals surface area contributed by atoms with Crippen LogP contribution in [0.25, 0.3) is 120 Å². The van der Waals surface area contributed by atoms with E-state index in [1.54, 1.807) is 7.11 Å². The largest absolute Gasteiger partial charge is 0.497 e. The summed E-state index contributed by atoms with van der Waals surface area (Å²) in [5, 5.41) is 20.0. The Morgan fingerprint density at radius 1 is 0.288 bits per heavy atom. The zero-order valence-electron chi connectivity index (χ0n) is 32.6. The lowest BCUT2D eigenvalue weighted by molar-refractivity contribution is 0.415. The summed E-state index contributed by atoms with van der Waals surface area (Å²) in [7, 11) is 1.76.